The van der Waals surface area contributed by atoms with Gasteiger partial charge in [0.15, 0.2) is 23.0 Å². The van der Waals surface area contributed by atoms with Crippen molar-refractivity contribution in [3.63, 3.8) is 0 Å². The van der Waals surface area contributed by atoms with Crippen LogP contribution in [0.4, 0.5) is 4.39 Å². The number of halogens is 1. The van der Waals surface area contributed by atoms with Crippen molar-refractivity contribution >= 4 is 0 Å². The number of aryl methyl sites for hydroxylation is 1. The Balaban J connectivity index is 2.35. The molecule has 0 atom stereocenters. The maximum Gasteiger partial charge on any atom is 0.199 e. The second-order valence-electron chi connectivity index (χ2n) is 4.62. The lowest BCUT2D eigenvalue weighted by Gasteiger charge is -2.31. The van der Waals surface area contributed by atoms with Crippen LogP contribution in [0.5, 0.6) is 5.75 Å². The van der Waals surface area contributed by atoms with Gasteiger partial charge in [0.25, 0.3) is 0 Å². The van der Waals surface area contributed by atoms with Crippen LogP contribution in [0.25, 0.3) is 5.69 Å². The summed E-state index contributed by atoms with van der Waals surface area (Å²) in [4.78, 5) is 0. The number of rotatable bonds is 0. The van der Waals surface area contributed by atoms with Gasteiger partial charge in [-0.2, -0.15) is 4.68 Å². The Kier molecular flexibility index (Phi) is 1.81. The van der Waals surface area contributed by atoms with Crippen LogP contribution in [-0.2, 0) is 5.60 Å². The third-order valence-electron chi connectivity index (χ3n) is 2.76. The van der Waals surface area contributed by atoms with Crippen LogP contribution in [0, 0.1) is 12.7 Å². The molecule has 0 amide bonds. The van der Waals surface area contributed by atoms with Crippen molar-refractivity contribution in [3.05, 3.63) is 29.3 Å². The van der Waals surface area contributed by atoms with Crippen molar-refractivity contribution in [1.29, 1.82) is 0 Å². The average Bonchev–Trinajstić information content (AvgIpc) is 2.70. The van der Waals surface area contributed by atoms with Crippen LogP contribution in [0.1, 0.15) is 25.2 Å². The van der Waals surface area contributed by atoms with Crippen LogP contribution >= 0.6 is 0 Å². The summed E-state index contributed by atoms with van der Waals surface area (Å²) in [7, 11) is 0. The highest BCUT2D eigenvalue weighted by Crippen LogP contribution is 2.39. The molecular weight excluding hydrogens is 223 g/mol. The molecule has 0 radical (unpaired) electrons. The quantitative estimate of drug-likeness (QED) is 0.696. The van der Waals surface area contributed by atoms with E-state index in [1.807, 2.05) is 6.92 Å². The zero-order valence-electron chi connectivity index (χ0n) is 9.73. The number of benzene rings is 1. The fourth-order valence-corrected chi connectivity index (χ4v) is 1.99. The fraction of sp³-hybridized carbons (Fsp3) is 0.364. The Morgan fingerprint density at radius 1 is 1.35 bits per heavy atom. The van der Waals surface area contributed by atoms with E-state index < -0.39 is 11.4 Å². The van der Waals surface area contributed by atoms with Gasteiger partial charge in [0.05, 0.1) is 0 Å². The van der Waals surface area contributed by atoms with Crippen LogP contribution in [0.2, 0.25) is 0 Å². The van der Waals surface area contributed by atoms with Gasteiger partial charge in [-0.05, 0) is 48.9 Å². The minimum atomic E-state index is -0.743. The summed E-state index contributed by atoms with van der Waals surface area (Å²) in [5.41, 5.74) is 0.597. The Morgan fingerprint density at radius 3 is 2.88 bits per heavy atom. The molecule has 0 bridgehead atoms. The fourth-order valence-electron chi connectivity index (χ4n) is 1.99. The van der Waals surface area contributed by atoms with Crippen molar-refractivity contribution in [2.24, 2.45) is 0 Å². The lowest BCUT2D eigenvalue weighted by molar-refractivity contribution is 0.0796. The van der Waals surface area contributed by atoms with E-state index in [1.165, 1.54) is 10.7 Å². The molecule has 0 unspecified atom stereocenters. The van der Waals surface area contributed by atoms with Crippen LogP contribution < -0.4 is 4.74 Å². The molecule has 0 aliphatic carbocycles. The Morgan fingerprint density at radius 2 is 2.12 bits per heavy atom. The van der Waals surface area contributed by atoms with Crippen molar-refractivity contribution in [2.45, 2.75) is 26.4 Å². The molecule has 3 rings (SSSR count). The molecule has 0 saturated carbocycles. The first kappa shape index (κ1) is 10.2. The monoisotopic (exact) mass is 234 g/mol. The molecule has 6 heteroatoms. The van der Waals surface area contributed by atoms with Crippen molar-refractivity contribution in [3.8, 4) is 11.4 Å². The molecule has 1 aliphatic rings. The molecular formula is C11H11FN4O. The minimum Gasteiger partial charge on any atom is -0.474 e. The highest BCUT2D eigenvalue weighted by atomic mass is 19.1. The molecule has 0 spiro atoms. The van der Waals surface area contributed by atoms with E-state index >= 15 is 0 Å². The predicted molar refractivity (Wildman–Crippen MR) is 57.5 cm³/mol. The lowest BCUT2D eigenvalue weighted by atomic mass is 10.1. The normalized spacial score (nSPS) is 16.0. The van der Waals surface area contributed by atoms with Gasteiger partial charge in [0.1, 0.15) is 5.69 Å². The van der Waals surface area contributed by atoms with Gasteiger partial charge in [-0.15, -0.1) is 5.10 Å². The number of ether oxygens (including phenoxy) is 1. The van der Waals surface area contributed by atoms with E-state index in [0.29, 0.717) is 11.5 Å². The standard InChI is InChI=1S/C11H11FN4O/c1-6-4-7(12)9-8(5-6)16-10(13-14-15-16)11(2,3)17-9/h4-5H,1-3H3. The van der Waals surface area contributed by atoms with E-state index in [-0.39, 0.29) is 5.75 Å². The molecule has 1 aromatic carbocycles. The van der Waals surface area contributed by atoms with Gasteiger partial charge in [0.2, 0.25) is 0 Å². The summed E-state index contributed by atoms with van der Waals surface area (Å²) in [6, 6.07) is 3.23. The van der Waals surface area contributed by atoms with Gasteiger partial charge in [-0.1, -0.05) is 0 Å². The Hall–Kier alpha value is -1.98. The second-order valence-corrected chi connectivity index (χ2v) is 4.62. The molecule has 5 nitrogen and oxygen atoms in total. The molecule has 2 heterocycles. The molecule has 0 N–H and O–H groups in total. The Labute approximate surface area is 97.2 Å². The van der Waals surface area contributed by atoms with E-state index in [2.05, 4.69) is 15.5 Å². The summed E-state index contributed by atoms with van der Waals surface area (Å²) in [5.74, 6) is 0.365. The molecule has 0 fully saturated rings. The first-order valence-corrected chi connectivity index (χ1v) is 5.27. The summed E-state index contributed by atoms with van der Waals surface area (Å²) < 4.78 is 21.0. The zero-order valence-corrected chi connectivity index (χ0v) is 9.73. The molecule has 0 saturated heterocycles. The first-order chi connectivity index (χ1) is 7.99. The Bertz CT molecular complexity index is 606. The van der Waals surface area contributed by atoms with Crippen LogP contribution in [0.3, 0.4) is 0 Å². The SMILES string of the molecule is Cc1cc(F)c2c(c1)-n1nnnc1C(C)(C)O2. The lowest BCUT2D eigenvalue weighted by Crippen LogP contribution is -2.34. The third-order valence-corrected chi connectivity index (χ3v) is 2.76. The first-order valence-electron chi connectivity index (χ1n) is 5.27. The smallest absolute Gasteiger partial charge is 0.199 e. The zero-order chi connectivity index (χ0) is 12.2. The van der Waals surface area contributed by atoms with Crippen molar-refractivity contribution in [2.75, 3.05) is 0 Å². The summed E-state index contributed by atoms with van der Waals surface area (Å²) >= 11 is 0. The maximum absolute atomic E-state index is 13.9. The number of fused-ring (bicyclic) bond motifs is 3. The summed E-state index contributed by atoms with van der Waals surface area (Å²) in [6.45, 7) is 5.42. The van der Waals surface area contributed by atoms with Gasteiger partial charge >= 0.3 is 0 Å². The number of aromatic nitrogens is 4. The van der Waals surface area contributed by atoms with Crippen molar-refractivity contribution < 1.29 is 9.13 Å². The molecule has 1 aromatic heterocycles. The largest absolute Gasteiger partial charge is 0.474 e. The van der Waals surface area contributed by atoms with Crippen molar-refractivity contribution in [1.82, 2.24) is 20.2 Å². The molecule has 88 valence electrons. The summed E-state index contributed by atoms with van der Waals surface area (Å²) in [5, 5.41) is 11.4. The van der Waals surface area contributed by atoms with Gasteiger partial charge in [-0.3, -0.25) is 0 Å². The second kappa shape index (κ2) is 3.03. The molecule has 2 aromatic rings. The van der Waals surface area contributed by atoms with E-state index in [9.17, 15) is 4.39 Å². The van der Waals surface area contributed by atoms with Crippen LogP contribution in [-0.4, -0.2) is 20.2 Å². The molecule has 1 aliphatic heterocycles. The van der Waals surface area contributed by atoms with Gasteiger partial charge in [0, 0.05) is 0 Å². The van der Waals surface area contributed by atoms with Crippen LogP contribution in [0.15, 0.2) is 12.1 Å². The predicted octanol–water partition coefficient (Wildman–Crippen LogP) is 1.74. The van der Waals surface area contributed by atoms with E-state index in [0.717, 1.165) is 5.56 Å². The topological polar surface area (TPSA) is 52.8 Å². The molecule has 17 heavy (non-hydrogen) atoms. The van der Waals surface area contributed by atoms with Gasteiger partial charge < -0.3 is 4.74 Å². The van der Waals surface area contributed by atoms with Gasteiger partial charge in [-0.25, -0.2) is 4.39 Å². The highest BCUT2D eigenvalue weighted by Gasteiger charge is 2.37. The van der Waals surface area contributed by atoms with E-state index in [1.54, 1.807) is 19.9 Å². The average molecular weight is 234 g/mol. The van der Waals surface area contributed by atoms with E-state index in [4.69, 9.17) is 4.74 Å². The maximum atomic E-state index is 13.9. The third kappa shape index (κ3) is 1.33. The number of hydrogen-bond donors (Lipinski definition) is 0. The number of nitrogens with zero attached hydrogens (tertiary/aromatic N) is 4. The minimum absolute atomic E-state index is 0.195. The summed E-state index contributed by atoms with van der Waals surface area (Å²) in [6.07, 6.45) is 0. The number of tetrazole rings is 1. The number of hydrogen-bond acceptors (Lipinski definition) is 4. The highest BCUT2D eigenvalue weighted by molar-refractivity contribution is 5.52.